The van der Waals surface area contributed by atoms with E-state index in [1.54, 1.807) is 31.3 Å². The van der Waals surface area contributed by atoms with Crippen molar-refractivity contribution >= 4 is 11.5 Å². The fourth-order valence-corrected chi connectivity index (χ4v) is 1.02. The lowest BCUT2D eigenvalue weighted by Gasteiger charge is -2.05. The summed E-state index contributed by atoms with van der Waals surface area (Å²) in [6.45, 7) is 1.93. The van der Waals surface area contributed by atoms with Gasteiger partial charge in [-0.15, -0.1) is 0 Å². The molecule has 1 aromatic carbocycles. The first-order valence-electron chi connectivity index (χ1n) is 4.42. The van der Waals surface area contributed by atoms with Crippen molar-refractivity contribution < 1.29 is 5.11 Å². The molecule has 0 saturated carbocycles. The largest absolute Gasteiger partial charge is 0.508 e. The zero-order chi connectivity index (χ0) is 10.4. The number of anilines is 1. The minimum absolute atomic E-state index is 0.261. The van der Waals surface area contributed by atoms with Crippen LogP contribution in [0, 0.1) is 0 Å². The van der Waals surface area contributed by atoms with E-state index >= 15 is 0 Å². The monoisotopic (exact) mass is 190 g/mol. The Morgan fingerprint density at radius 2 is 2.00 bits per heavy atom. The highest BCUT2D eigenvalue weighted by molar-refractivity contribution is 6.03. The lowest BCUT2D eigenvalue weighted by atomic mass is 10.3. The summed E-state index contributed by atoms with van der Waals surface area (Å²) in [4.78, 5) is 4.05. The van der Waals surface area contributed by atoms with Crippen molar-refractivity contribution in [3.05, 3.63) is 36.4 Å². The number of benzene rings is 1. The molecule has 0 aliphatic rings. The van der Waals surface area contributed by atoms with Crippen LogP contribution in [0.1, 0.15) is 6.92 Å². The predicted molar refractivity (Wildman–Crippen MR) is 59.9 cm³/mol. The molecule has 0 atom stereocenters. The summed E-state index contributed by atoms with van der Waals surface area (Å²) in [7, 11) is 1.72. The Morgan fingerprint density at radius 3 is 2.50 bits per heavy atom. The maximum absolute atomic E-state index is 9.08. The van der Waals surface area contributed by atoms with Crippen molar-refractivity contribution in [2.75, 3.05) is 12.4 Å². The lowest BCUT2D eigenvalue weighted by molar-refractivity contribution is 0.475. The highest BCUT2D eigenvalue weighted by Crippen LogP contribution is 2.13. The van der Waals surface area contributed by atoms with Gasteiger partial charge in [0.25, 0.3) is 0 Å². The van der Waals surface area contributed by atoms with E-state index in [1.165, 1.54) is 0 Å². The molecular formula is C11H14N2O. The van der Waals surface area contributed by atoms with Crippen molar-refractivity contribution in [2.45, 2.75) is 6.92 Å². The summed E-state index contributed by atoms with van der Waals surface area (Å²) in [5, 5.41) is 12.2. The molecule has 0 aliphatic heterocycles. The second-order valence-electron chi connectivity index (χ2n) is 2.78. The Bertz CT molecular complexity index is 339. The van der Waals surface area contributed by atoms with Crippen LogP contribution in [0.2, 0.25) is 0 Å². The van der Waals surface area contributed by atoms with Crippen molar-refractivity contribution in [1.82, 2.24) is 0 Å². The molecule has 0 aliphatic carbocycles. The van der Waals surface area contributed by atoms with Crippen LogP contribution in [0.15, 0.2) is 41.4 Å². The van der Waals surface area contributed by atoms with Crippen LogP contribution in [0.3, 0.4) is 0 Å². The number of phenolic OH excluding ortho intramolecular Hbond substituents is 1. The molecule has 74 valence electrons. The molecule has 14 heavy (non-hydrogen) atoms. The molecule has 0 bridgehead atoms. The van der Waals surface area contributed by atoms with E-state index in [2.05, 4.69) is 10.3 Å². The van der Waals surface area contributed by atoms with Gasteiger partial charge in [0.1, 0.15) is 11.6 Å². The van der Waals surface area contributed by atoms with Crippen LogP contribution in [-0.4, -0.2) is 18.0 Å². The molecule has 0 fully saturated rings. The number of rotatable bonds is 2. The summed E-state index contributed by atoms with van der Waals surface area (Å²) < 4.78 is 0. The number of aliphatic imine (C=N–C) groups is 1. The van der Waals surface area contributed by atoms with Gasteiger partial charge < -0.3 is 10.4 Å². The minimum atomic E-state index is 0.261. The number of amidine groups is 1. The quantitative estimate of drug-likeness (QED) is 0.427. The number of hydrogen-bond donors (Lipinski definition) is 2. The highest BCUT2D eigenvalue weighted by Gasteiger charge is 1.94. The van der Waals surface area contributed by atoms with Crippen LogP contribution in [0.4, 0.5) is 5.69 Å². The minimum Gasteiger partial charge on any atom is -0.508 e. The Kier molecular flexibility index (Phi) is 3.73. The smallest absolute Gasteiger partial charge is 0.124 e. The molecule has 0 saturated heterocycles. The summed E-state index contributed by atoms with van der Waals surface area (Å²) in [6, 6.07) is 6.85. The Morgan fingerprint density at radius 1 is 1.36 bits per heavy atom. The standard InChI is InChI=1S/C11H14N2O/c1-3-4-11(12-2)13-9-5-7-10(14)8-6-9/h3-8,14H,1-2H3,(H,12,13)/b4-3-. The van der Waals surface area contributed by atoms with Gasteiger partial charge in [-0.25, -0.2) is 0 Å². The van der Waals surface area contributed by atoms with Gasteiger partial charge in [-0.2, -0.15) is 0 Å². The second-order valence-corrected chi connectivity index (χ2v) is 2.78. The van der Waals surface area contributed by atoms with Crippen molar-refractivity contribution in [2.24, 2.45) is 4.99 Å². The third-order valence-corrected chi connectivity index (χ3v) is 1.71. The Hall–Kier alpha value is -1.77. The number of nitrogens with zero attached hydrogens (tertiary/aromatic N) is 1. The molecule has 0 radical (unpaired) electrons. The Labute approximate surface area is 83.8 Å². The molecule has 0 unspecified atom stereocenters. The fraction of sp³-hybridized carbons (Fsp3) is 0.182. The number of nitrogens with one attached hydrogen (secondary N) is 1. The highest BCUT2D eigenvalue weighted by atomic mass is 16.3. The van der Waals surface area contributed by atoms with Crippen molar-refractivity contribution in [1.29, 1.82) is 0 Å². The van der Waals surface area contributed by atoms with E-state index in [-0.39, 0.29) is 5.75 Å². The fourth-order valence-electron chi connectivity index (χ4n) is 1.02. The van der Waals surface area contributed by atoms with Gasteiger partial charge in [0.15, 0.2) is 0 Å². The third kappa shape index (κ3) is 2.94. The molecule has 1 rings (SSSR count). The van der Waals surface area contributed by atoms with E-state index in [0.717, 1.165) is 11.5 Å². The number of phenols is 1. The van der Waals surface area contributed by atoms with Gasteiger partial charge in [-0.1, -0.05) is 6.08 Å². The summed E-state index contributed by atoms with van der Waals surface area (Å²) in [5.74, 6) is 1.05. The van der Waals surface area contributed by atoms with E-state index < -0.39 is 0 Å². The van der Waals surface area contributed by atoms with Gasteiger partial charge in [0.2, 0.25) is 0 Å². The van der Waals surface area contributed by atoms with Crippen molar-refractivity contribution in [3.63, 3.8) is 0 Å². The third-order valence-electron chi connectivity index (χ3n) is 1.71. The summed E-state index contributed by atoms with van der Waals surface area (Å²) in [6.07, 6.45) is 3.79. The number of hydrogen-bond acceptors (Lipinski definition) is 2. The van der Waals surface area contributed by atoms with Gasteiger partial charge in [0, 0.05) is 12.7 Å². The molecule has 2 N–H and O–H groups in total. The lowest BCUT2D eigenvalue weighted by Crippen LogP contribution is -2.08. The molecule has 3 nitrogen and oxygen atoms in total. The zero-order valence-corrected chi connectivity index (χ0v) is 8.36. The SMILES string of the molecule is C/C=C\C(=NC)Nc1ccc(O)cc1. The van der Waals surface area contributed by atoms with Crippen LogP contribution in [0.25, 0.3) is 0 Å². The van der Waals surface area contributed by atoms with Gasteiger partial charge in [-0.05, 0) is 37.3 Å². The molecular weight excluding hydrogens is 176 g/mol. The average molecular weight is 190 g/mol. The Balaban J connectivity index is 2.73. The molecule has 0 aromatic heterocycles. The normalized spacial score (nSPS) is 12.0. The molecule has 0 spiro atoms. The molecule has 0 heterocycles. The summed E-state index contributed by atoms with van der Waals surface area (Å²) >= 11 is 0. The molecule has 1 aromatic rings. The second kappa shape index (κ2) is 5.07. The van der Waals surface area contributed by atoms with E-state index in [1.807, 2.05) is 19.1 Å². The van der Waals surface area contributed by atoms with Crippen LogP contribution < -0.4 is 5.32 Å². The first-order chi connectivity index (χ1) is 6.76. The maximum Gasteiger partial charge on any atom is 0.124 e. The molecule has 0 amide bonds. The zero-order valence-electron chi connectivity index (χ0n) is 8.36. The van der Waals surface area contributed by atoms with E-state index in [4.69, 9.17) is 5.11 Å². The van der Waals surface area contributed by atoms with Gasteiger partial charge >= 0.3 is 0 Å². The number of aromatic hydroxyl groups is 1. The number of allylic oxidation sites excluding steroid dienone is 1. The predicted octanol–water partition coefficient (Wildman–Crippen LogP) is 2.41. The summed E-state index contributed by atoms with van der Waals surface area (Å²) in [5.41, 5.74) is 0.904. The topological polar surface area (TPSA) is 44.6 Å². The van der Waals surface area contributed by atoms with Crippen LogP contribution in [-0.2, 0) is 0 Å². The van der Waals surface area contributed by atoms with Crippen LogP contribution >= 0.6 is 0 Å². The van der Waals surface area contributed by atoms with Gasteiger partial charge in [-0.3, -0.25) is 4.99 Å². The van der Waals surface area contributed by atoms with Crippen molar-refractivity contribution in [3.8, 4) is 5.75 Å². The first-order valence-corrected chi connectivity index (χ1v) is 4.42. The van der Waals surface area contributed by atoms with Gasteiger partial charge in [0.05, 0.1) is 0 Å². The van der Waals surface area contributed by atoms with E-state index in [0.29, 0.717) is 0 Å². The average Bonchev–Trinajstić information content (AvgIpc) is 2.20. The molecule has 3 heteroatoms. The van der Waals surface area contributed by atoms with Crippen LogP contribution in [0.5, 0.6) is 5.75 Å². The maximum atomic E-state index is 9.08. The van der Waals surface area contributed by atoms with E-state index in [9.17, 15) is 0 Å². The first kappa shape index (κ1) is 10.3.